The fourth-order valence-corrected chi connectivity index (χ4v) is 3.14. The number of thioether (sulfide) groups is 1. The lowest BCUT2D eigenvalue weighted by Gasteiger charge is -2.18. The molecule has 3 heteroatoms. The average Bonchev–Trinajstić information content (AvgIpc) is 2.88. The Hall–Kier alpha value is -0.930. The number of hydrogen-bond donors (Lipinski definition) is 1. The van der Waals surface area contributed by atoms with Crippen LogP contribution in [0.4, 0.5) is 0 Å². The highest BCUT2D eigenvalue weighted by atomic mass is 32.2. The van der Waals surface area contributed by atoms with Crippen molar-refractivity contribution in [3.05, 3.63) is 41.7 Å². The molecule has 1 aliphatic rings. The lowest BCUT2D eigenvalue weighted by molar-refractivity contribution is 0.220. The zero-order chi connectivity index (χ0) is 12.8. The molecule has 0 fully saturated rings. The minimum atomic E-state index is 0.336. The van der Waals surface area contributed by atoms with Gasteiger partial charge in [0.2, 0.25) is 0 Å². The highest BCUT2D eigenvalue weighted by Crippen LogP contribution is 2.23. The molecule has 0 aliphatic carbocycles. The van der Waals surface area contributed by atoms with E-state index in [1.807, 2.05) is 11.8 Å². The van der Waals surface area contributed by atoms with Crippen LogP contribution in [0.2, 0.25) is 0 Å². The molecule has 0 amide bonds. The number of ether oxygens (including phenoxy) is 1. The summed E-state index contributed by atoms with van der Waals surface area (Å²) in [4.78, 5) is 1.33. The zero-order valence-corrected chi connectivity index (χ0v) is 11.9. The molecule has 1 aromatic rings. The summed E-state index contributed by atoms with van der Waals surface area (Å²) in [6, 6.07) is 8.99. The smallest absolute Gasteiger partial charge is 0.110 e. The molecule has 1 unspecified atom stereocenters. The Balaban J connectivity index is 1.93. The SMILES string of the molecule is CCNC(CSc1cccc(C)c1)C1=CCCO1. The lowest BCUT2D eigenvalue weighted by atomic mass is 10.2. The minimum Gasteiger partial charge on any atom is -0.496 e. The standard InChI is InChI=1S/C15H21NOS/c1-3-16-14(15-8-5-9-17-15)11-18-13-7-4-6-12(2)10-13/h4,6-8,10,14,16H,3,5,9,11H2,1-2H3. The molecule has 0 saturated carbocycles. The van der Waals surface area contributed by atoms with Crippen LogP contribution >= 0.6 is 11.8 Å². The van der Waals surface area contributed by atoms with Gasteiger partial charge in [0.05, 0.1) is 12.6 Å². The highest BCUT2D eigenvalue weighted by molar-refractivity contribution is 7.99. The molecule has 0 aromatic heterocycles. The Labute approximate surface area is 114 Å². The second-order valence-electron chi connectivity index (χ2n) is 4.48. The van der Waals surface area contributed by atoms with Crippen molar-refractivity contribution in [3.8, 4) is 0 Å². The maximum atomic E-state index is 5.67. The van der Waals surface area contributed by atoms with Gasteiger partial charge in [0.1, 0.15) is 5.76 Å². The third-order valence-corrected chi connectivity index (χ3v) is 4.02. The van der Waals surface area contributed by atoms with Gasteiger partial charge in [-0.25, -0.2) is 0 Å². The van der Waals surface area contributed by atoms with Crippen molar-refractivity contribution in [1.82, 2.24) is 5.32 Å². The first-order valence-electron chi connectivity index (χ1n) is 6.55. The van der Waals surface area contributed by atoms with Crippen molar-refractivity contribution < 1.29 is 4.74 Å². The van der Waals surface area contributed by atoms with Gasteiger partial charge in [-0.1, -0.05) is 24.6 Å². The van der Waals surface area contributed by atoms with Gasteiger partial charge < -0.3 is 10.1 Å². The molecule has 2 rings (SSSR count). The summed E-state index contributed by atoms with van der Waals surface area (Å²) in [7, 11) is 0. The van der Waals surface area contributed by atoms with Crippen LogP contribution in [0.25, 0.3) is 0 Å². The summed E-state index contributed by atoms with van der Waals surface area (Å²) in [6.45, 7) is 6.08. The Kier molecular flexibility index (Phi) is 5.14. The second kappa shape index (κ2) is 6.86. The molecule has 98 valence electrons. The Morgan fingerprint density at radius 1 is 1.44 bits per heavy atom. The van der Waals surface area contributed by atoms with Gasteiger partial charge in [0, 0.05) is 17.1 Å². The van der Waals surface area contributed by atoms with Crippen LogP contribution in [0.15, 0.2) is 41.0 Å². The van der Waals surface area contributed by atoms with Gasteiger partial charge in [-0.15, -0.1) is 11.8 Å². The first-order chi connectivity index (χ1) is 8.79. The molecule has 0 saturated heterocycles. The number of hydrogen-bond acceptors (Lipinski definition) is 3. The number of benzene rings is 1. The summed E-state index contributed by atoms with van der Waals surface area (Å²) < 4.78 is 5.67. The lowest BCUT2D eigenvalue weighted by Crippen LogP contribution is -2.33. The van der Waals surface area contributed by atoms with Gasteiger partial charge in [0.25, 0.3) is 0 Å². The summed E-state index contributed by atoms with van der Waals surface area (Å²) in [5, 5.41) is 3.50. The number of nitrogens with one attached hydrogen (secondary N) is 1. The normalized spacial score (nSPS) is 16.2. The Morgan fingerprint density at radius 2 is 2.33 bits per heavy atom. The molecule has 1 heterocycles. The van der Waals surface area contributed by atoms with Crippen LogP contribution in [0.3, 0.4) is 0 Å². The van der Waals surface area contributed by atoms with Crippen LogP contribution in [0.5, 0.6) is 0 Å². The van der Waals surface area contributed by atoms with Crippen molar-refractivity contribution in [2.24, 2.45) is 0 Å². The summed E-state index contributed by atoms with van der Waals surface area (Å²) >= 11 is 1.89. The Morgan fingerprint density at radius 3 is 3.00 bits per heavy atom. The van der Waals surface area contributed by atoms with Crippen LogP contribution in [-0.4, -0.2) is 24.9 Å². The van der Waals surface area contributed by atoms with Crippen molar-refractivity contribution in [1.29, 1.82) is 0 Å². The largest absolute Gasteiger partial charge is 0.496 e. The molecule has 1 atom stereocenters. The number of aryl methyl sites for hydroxylation is 1. The molecule has 2 nitrogen and oxygen atoms in total. The summed E-state index contributed by atoms with van der Waals surface area (Å²) in [5.74, 6) is 2.14. The molecular weight excluding hydrogens is 242 g/mol. The monoisotopic (exact) mass is 263 g/mol. The van der Waals surface area contributed by atoms with Gasteiger partial charge in [-0.05, 0) is 31.7 Å². The van der Waals surface area contributed by atoms with E-state index in [2.05, 4.69) is 49.5 Å². The molecule has 0 radical (unpaired) electrons. The maximum Gasteiger partial charge on any atom is 0.110 e. The summed E-state index contributed by atoms with van der Waals surface area (Å²) in [5.41, 5.74) is 1.32. The predicted octanol–water partition coefficient (Wildman–Crippen LogP) is 3.37. The third kappa shape index (κ3) is 3.79. The first kappa shape index (κ1) is 13.5. The topological polar surface area (TPSA) is 21.3 Å². The van der Waals surface area contributed by atoms with E-state index >= 15 is 0 Å². The van der Waals surface area contributed by atoms with E-state index in [1.165, 1.54) is 10.5 Å². The average molecular weight is 263 g/mol. The number of likely N-dealkylation sites (N-methyl/N-ethyl adjacent to an activating group) is 1. The van der Waals surface area contributed by atoms with Crippen LogP contribution < -0.4 is 5.32 Å². The van der Waals surface area contributed by atoms with Crippen molar-refractivity contribution >= 4 is 11.8 Å². The third-order valence-electron chi connectivity index (χ3n) is 2.93. The van der Waals surface area contributed by atoms with E-state index in [0.29, 0.717) is 6.04 Å². The van der Waals surface area contributed by atoms with Gasteiger partial charge in [-0.3, -0.25) is 0 Å². The quantitative estimate of drug-likeness (QED) is 0.795. The molecule has 1 aromatic carbocycles. The second-order valence-corrected chi connectivity index (χ2v) is 5.57. The van der Waals surface area contributed by atoms with Gasteiger partial charge in [0.15, 0.2) is 0 Å². The van der Waals surface area contributed by atoms with Crippen molar-refractivity contribution in [2.75, 3.05) is 18.9 Å². The van der Waals surface area contributed by atoms with Crippen LogP contribution in [0, 0.1) is 6.92 Å². The minimum absolute atomic E-state index is 0.336. The van der Waals surface area contributed by atoms with E-state index in [0.717, 1.165) is 31.1 Å². The van der Waals surface area contributed by atoms with Crippen molar-refractivity contribution in [3.63, 3.8) is 0 Å². The van der Waals surface area contributed by atoms with E-state index in [1.54, 1.807) is 0 Å². The molecule has 1 aliphatic heterocycles. The number of rotatable bonds is 6. The van der Waals surface area contributed by atoms with Crippen LogP contribution in [0.1, 0.15) is 18.9 Å². The Bertz CT molecular complexity index is 417. The molecular formula is C15H21NOS. The summed E-state index contributed by atoms with van der Waals surface area (Å²) in [6.07, 6.45) is 3.26. The first-order valence-corrected chi connectivity index (χ1v) is 7.54. The highest BCUT2D eigenvalue weighted by Gasteiger charge is 2.17. The van der Waals surface area contributed by atoms with E-state index in [9.17, 15) is 0 Å². The maximum absolute atomic E-state index is 5.67. The van der Waals surface area contributed by atoms with E-state index in [-0.39, 0.29) is 0 Å². The van der Waals surface area contributed by atoms with Crippen LogP contribution in [-0.2, 0) is 4.74 Å². The van der Waals surface area contributed by atoms with Gasteiger partial charge in [-0.2, -0.15) is 0 Å². The molecule has 0 bridgehead atoms. The van der Waals surface area contributed by atoms with E-state index < -0.39 is 0 Å². The fourth-order valence-electron chi connectivity index (χ4n) is 2.05. The zero-order valence-electron chi connectivity index (χ0n) is 11.1. The van der Waals surface area contributed by atoms with E-state index in [4.69, 9.17) is 4.74 Å². The fraction of sp³-hybridized carbons (Fsp3) is 0.467. The van der Waals surface area contributed by atoms with Crippen molar-refractivity contribution in [2.45, 2.75) is 31.2 Å². The van der Waals surface area contributed by atoms with Gasteiger partial charge >= 0.3 is 0 Å². The molecule has 1 N–H and O–H groups in total. The molecule has 18 heavy (non-hydrogen) atoms. The predicted molar refractivity (Wildman–Crippen MR) is 78.0 cm³/mol. The molecule has 0 spiro atoms.